The molecular formula is C18H30. The van der Waals surface area contributed by atoms with Crippen LogP contribution in [0.15, 0.2) is 12.2 Å². The molecule has 18 heavy (non-hydrogen) atoms. The highest BCUT2D eigenvalue weighted by Gasteiger charge is 2.43. The van der Waals surface area contributed by atoms with E-state index in [4.69, 9.17) is 0 Å². The SMILES string of the molecule is C=C1CC2CCC3C(C)CCCC3C2CC[C@@H]1C. The van der Waals surface area contributed by atoms with Crippen LogP contribution in [0, 0.1) is 35.5 Å². The van der Waals surface area contributed by atoms with Crippen molar-refractivity contribution < 1.29 is 0 Å². The first-order valence-electron chi connectivity index (χ1n) is 8.34. The summed E-state index contributed by atoms with van der Waals surface area (Å²) in [6.45, 7) is 9.29. The van der Waals surface area contributed by atoms with Gasteiger partial charge in [-0.2, -0.15) is 0 Å². The van der Waals surface area contributed by atoms with E-state index in [1.165, 1.54) is 51.4 Å². The zero-order valence-electron chi connectivity index (χ0n) is 12.3. The van der Waals surface area contributed by atoms with E-state index >= 15 is 0 Å². The van der Waals surface area contributed by atoms with Crippen molar-refractivity contribution in [3.8, 4) is 0 Å². The smallest absolute Gasteiger partial charge is 0.0234 e. The lowest BCUT2D eigenvalue weighted by molar-refractivity contribution is 0.0207. The molecule has 6 atom stereocenters. The third-order valence-corrected chi connectivity index (χ3v) is 6.66. The Labute approximate surface area is 113 Å². The number of allylic oxidation sites excluding steroid dienone is 1. The molecule has 3 aliphatic rings. The largest absolute Gasteiger partial charge is 0.0996 e. The zero-order chi connectivity index (χ0) is 12.7. The Balaban J connectivity index is 1.79. The summed E-state index contributed by atoms with van der Waals surface area (Å²) in [5.74, 6) is 5.98. The number of fused-ring (bicyclic) bond motifs is 3. The molecule has 0 bridgehead atoms. The highest BCUT2D eigenvalue weighted by atomic mass is 14.5. The first-order valence-corrected chi connectivity index (χ1v) is 8.34. The lowest BCUT2D eigenvalue weighted by atomic mass is 9.57. The van der Waals surface area contributed by atoms with Gasteiger partial charge in [-0.05, 0) is 74.0 Å². The average molecular weight is 246 g/mol. The molecule has 3 fully saturated rings. The Morgan fingerprint density at radius 3 is 2.44 bits per heavy atom. The second kappa shape index (κ2) is 5.02. The van der Waals surface area contributed by atoms with E-state index in [1.807, 2.05) is 0 Å². The Bertz CT molecular complexity index is 316. The standard InChI is InChI=1S/C18H30/c1-12-7-9-17-15(11-14(12)3)8-10-16-13(2)5-4-6-18(16)17/h12-13,15-18H,3-11H2,1-2H3/t12-,13?,15?,16?,17?,18?/m0/s1. The molecule has 0 aromatic carbocycles. The van der Waals surface area contributed by atoms with Gasteiger partial charge in [0.2, 0.25) is 0 Å². The van der Waals surface area contributed by atoms with Crippen LogP contribution in [-0.4, -0.2) is 0 Å². The highest BCUT2D eigenvalue weighted by molar-refractivity contribution is 5.06. The molecular weight excluding hydrogens is 216 g/mol. The zero-order valence-corrected chi connectivity index (χ0v) is 12.3. The van der Waals surface area contributed by atoms with Crippen molar-refractivity contribution in [2.45, 2.75) is 65.2 Å². The van der Waals surface area contributed by atoms with E-state index in [0.717, 1.165) is 35.5 Å². The van der Waals surface area contributed by atoms with E-state index in [0.29, 0.717) is 0 Å². The summed E-state index contributed by atoms with van der Waals surface area (Å²) in [5.41, 5.74) is 1.56. The molecule has 3 aliphatic carbocycles. The van der Waals surface area contributed by atoms with Crippen molar-refractivity contribution in [1.82, 2.24) is 0 Å². The van der Waals surface area contributed by atoms with Crippen molar-refractivity contribution in [3.05, 3.63) is 12.2 Å². The molecule has 0 heteroatoms. The maximum Gasteiger partial charge on any atom is -0.0234 e. The minimum absolute atomic E-state index is 0.787. The van der Waals surface area contributed by atoms with Gasteiger partial charge in [0.25, 0.3) is 0 Å². The lowest BCUT2D eigenvalue weighted by Gasteiger charge is -2.48. The minimum Gasteiger partial charge on any atom is -0.0996 e. The summed E-state index contributed by atoms with van der Waals surface area (Å²) in [5, 5.41) is 0. The van der Waals surface area contributed by atoms with Crippen LogP contribution in [0.25, 0.3) is 0 Å². The fraction of sp³-hybridized carbons (Fsp3) is 0.889. The Morgan fingerprint density at radius 1 is 0.833 bits per heavy atom. The molecule has 3 rings (SSSR count). The van der Waals surface area contributed by atoms with E-state index in [2.05, 4.69) is 20.4 Å². The summed E-state index contributed by atoms with van der Waals surface area (Å²) in [4.78, 5) is 0. The third-order valence-electron chi connectivity index (χ3n) is 6.66. The Kier molecular flexibility index (Phi) is 3.56. The molecule has 102 valence electrons. The fourth-order valence-electron chi connectivity index (χ4n) is 5.41. The van der Waals surface area contributed by atoms with Crippen molar-refractivity contribution in [3.63, 3.8) is 0 Å². The number of rotatable bonds is 0. The van der Waals surface area contributed by atoms with Crippen LogP contribution in [0.4, 0.5) is 0 Å². The second-order valence-electron chi connectivity index (χ2n) is 7.58. The van der Waals surface area contributed by atoms with Crippen molar-refractivity contribution in [1.29, 1.82) is 0 Å². The van der Waals surface area contributed by atoms with Crippen LogP contribution in [0.1, 0.15) is 65.2 Å². The fourth-order valence-corrected chi connectivity index (χ4v) is 5.41. The molecule has 0 aromatic rings. The quantitative estimate of drug-likeness (QED) is 0.499. The average Bonchev–Trinajstić information content (AvgIpc) is 2.50. The molecule has 0 radical (unpaired) electrons. The first kappa shape index (κ1) is 12.8. The Hall–Kier alpha value is -0.260. The second-order valence-corrected chi connectivity index (χ2v) is 7.58. The van der Waals surface area contributed by atoms with Gasteiger partial charge in [-0.25, -0.2) is 0 Å². The maximum atomic E-state index is 4.37. The van der Waals surface area contributed by atoms with Crippen LogP contribution in [-0.2, 0) is 0 Å². The number of hydrogen-bond donors (Lipinski definition) is 0. The van der Waals surface area contributed by atoms with Gasteiger partial charge in [0.15, 0.2) is 0 Å². The molecule has 0 amide bonds. The first-order chi connectivity index (χ1) is 8.66. The van der Waals surface area contributed by atoms with Gasteiger partial charge >= 0.3 is 0 Å². The summed E-state index contributed by atoms with van der Waals surface area (Å²) >= 11 is 0. The summed E-state index contributed by atoms with van der Waals surface area (Å²) in [7, 11) is 0. The van der Waals surface area contributed by atoms with Gasteiger partial charge in [-0.3, -0.25) is 0 Å². The predicted octanol–water partition coefficient (Wildman–Crippen LogP) is 5.44. The molecule has 5 unspecified atom stereocenters. The van der Waals surface area contributed by atoms with Crippen molar-refractivity contribution in [2.24, 2.45) is 35.5 Å². The maximum absolute atomic E-state index is 4.37. The van der Waals surface area contributed by atoms with E-state index in [1.54, 1.807) is 5.57 Å². The van der Waals surface area contributed by atoms with Gasteiger partial charge in [-0.15, -0.1) is 0 Å². The summed E-state index contributed by atoms with van der Waals surface area (Å²) in [6.07, 6.45) is 11.8. The highest BCUT2D eigenvalue weighted by Crippen LogP contribution is 2.53. The molecule has 0 heterocycles. The predicted molar refractivity (Wildman–Crippen MR) is 78.4 cm³/mol. The number of hydrogen-bond acceptors (Lipinski definition) is 0. The Morgan fingerprint density at radius 2 is 1.61 bits per heavy atom. The molecule has 0 spiro atoms. The van der Waals surface area contributed by atoms with Crippen LogP contribution >= 0.6 is 0 Å². The normalized spacial score (nSPS) is 49.1. The summed E-state index contributed by atoms with van der Waals surface area (Å²) < 4.78 is 0. The van der Waals surface area contributed by atoms with Crippen LogP contribution < -0.4 is 0 Å². The third kappa shape index (κ3) is 2.17. The molecule has 0 nitrogen and oxygen atoms in total. The van der Waals surface area contributed by atoms with Crippen molar-refractivity contribution >= 4 is 0 Å². The van der Waals surface area contributed by atoms with E-state index in [9.17, 15) is 0 Å². The van der Waals surface area contributed by atoms with E-state index in [-0.39, 0.29) is 0 Å². The van der Waals surface area contributed by atoms with Crippen molar-refractivity contribution in [2.75, 3.05) is 0 Å². The van der Waals surface area contributed by atoms with Gasteiger partial charge < -0.3 is 0 Å². The van der Waals surface area contributed by atoms with Crippen LogP contribution in [0.5, 0.6) is 0 Å². The minimum atomic E-state index is 0.787. The van der Waals surface area contributed by atoms with Crippen LogP contribution in [0.3, 0.4) is 0 Å². The van der Waals surface area contributed by atoms with Gasteiger partial charge in [0.05, 0.1) is 0 Å². The van der Waals surface area contributed by atoms with E-state index < -0.39 is 0 Å². The topological polar surface area (TPSA) is 0 Å². The van der Waals surface area contributed by atoms with Gasteiger partial charge in [-0.1, -0.05) is 38.8 Å². The van der Waals surface area contributed by atoms with Crippen LogP contribution in [0.2, 0.25) is 0 Å². The molecule has 0 saturated heterocycles. The monoisotopic (exact) mass is 246 g/mol. The molecule has 3 saturated carbocycles. The molecule has 0 aromatic heterocycles. The van der Waals surface area contributed by atoms with Gasteiger partial charge in [0.1, 0.15) is 0 Å². The lowest BCUT2D eigenvalue weighted by Crippen LogP contribution is -2.39. The molecule has 0 aliphatic heterocycles. The molecule has 0 N–H and O–H groups in total. The van der Waals surface area contributed by atoms with Gasteiger partial charge in [0, 0.05) is 0 Å². The summed E-state index contributed by atoms with van der Waals surface area (Å²) in [6, 6.07) is 0.